The summed E-state index contributed by atoms with van der Waals surface area (Å²) < 4.78 is 28.1. The number of pyridine rings is 2. The van der Waals surface area contributed by atoms with E-state index >= 15 is 0 Å². The van der Waals surface area contributed by atoms with Gasteiger partial charge in [0.1, 0.15) is 11.6 Å². The summed E-state index contributed by atoms with van der Waals surface area (Å²) in [5.41, 5.74) is 8.46. The van der Waals surface area contributed by atoms with E-state index < -0.39 is 15.9 Å². The third-order valence-electron chi connectivity index (χ3n) is 7.23. The van der Waals surface area contributed by atoms with E-state index in [4.69, 9.17) is 10.7 Å². The van der Waals surface area contributed by atoms with Gasteiger partial charge in [-0.25, -0.2) is 14.7 Å². The van der Waals surface area contributed by atoms with Crippen LogP contribution in [0.4, 0.5) is 11.6 Å². The predicted octanol–water partition coefficient (Wildman–Crippen LogP) is 4.67. The van der Waals surface area contributed by atoms with Crippen LogP contribution in [-0.4, -0.2) is 36.4 Å². The van der Waals surface area contributed by atoms with Gasteiger partial charge in [0.15, 0.2) is 5.03 Å². The molecule has 4 rings (SSSR count). The topological polar surface area (TPSA) is 118 Å². The fourth-order valence-electron chi connectivity index (χ4n) is 4.72. The van der Waals surface area contributed by atoms with E-state index in [0.717, 1.165) is 24.0 Å². The second kappa shape index (κ2) is 10.1. The average Bonchev–Trinajstić information content (AvgIpc) is 3.10. The van der Waals surface area contributed by atoms with Crippen LogP contribution in [0.1, 0.15) is 57.0 Å². The molecular formula is C28H35N5O3S. The summed E-state index contributed by atoms with van der Waals surface area (Å²) in [6, 6.07) is 14.1. The number of nitrogens with two attached hydrogens (primary N) is 1. The second-order valence-corrected chi connectivity index (χ2v) is 12.3. The van der Waals surface area contributed by atoms with Gasteiger partial charge in [0.05, 0.1) is 5.56 Å². The van der Waals surface area contributed by atoms with Crippen molar-refractivity contribution >= 4 is 27.6 Å². The number of nitrogens with one attached hydrogen (secondary N) is 1. The lowest BCUT2D eigenvalue weighted by Crippen LogP contribution is -2.43. The Morgan fingerprint density at radius 1 is 1.16 bits per heavy atom. The zero-order valence-electron chi connectivity index (χ0n) is 22.0. The first kappa shape index (κ1) is 26.6. The number of aromatic nitrogens is 2. The molecule has 37 heavy (non-hydrogen) atoms. The highest BCUT2D eigenvalue weighted by molar-refractivity contribution is 7.90. The molecular weight excluding hydrogens is 486 g/mol. The third-order valence-corrected chi connectivity index (χ3v) is 8.47. The number of anilines is 2. The minimum absolute atomic E-state index is 0.0494. The molecule has 0 saturated carbocycles. The zero-order chi connectivity index (χ0) is 27.0. The van der Waals surface area contributed by atoms with Crippen LogP contribution in [0.25, 0.3) is 11.1 Å². The molecule has 8 nitrogen and oxygen atoms in total. The number of sulfonamides is 1. The molecule has 3 heterocycles. The van der Waals surface area contributed by atoms with Crippen LogP contribution in [0.15, 0.2) is 59.8 Å². The van der Waals surface area contributed by atoms with Crippen molar-refractivity contribution in [2.24, 2.45) is 11.8 Å². The van der Waals surface area contributed by atoms with Gasteiger partial charge in [0.2, 0.25) is 0 Å². The number of hydrogen-bond acceptors (Lipinski definition) is 7. The van der Waals surface area contributed by atoms with Crippen molar-refractivity contribution in [1.29, 1.82) is 0 Å². The van der Waals surface area contributed by atoms with Gasteiger partial charge in [-0.15, -0.1) is 0 Å². The first-order valence-corrected chi connectivity index (χ1v) is 14.0. The lowest BCUT2D eigenvalue weighted by atomic mass is 9.90. The van der Waals surface area contributed by atoms with Crippen LogP contribution in [-0.2, 0) is 16.4 Å². The lowest BCUT2D eigenvalue weighted by Gasteiger charge is -2.36. The monoisotopic (exact) mass is 521 g/mol. The van der Waals surface area contributed by atoms with E-state index in [2.05, 4.69) is 61.4 Å². The van der Waals surface area contributed by atoms with E-state index in [-0.39, 0.29) is 21.9 Å². The Balaban J connectivity index is 1.75. The third kappa shape index (κ3) is 5.61. The van der Waals surface area contributed by atoms with Crippen LogP contribution in [0.2, 0.25) is 0 Å². The molecule has 196 valence electrons. The minimum Gasteiger partial charge on any atom is -0.384 e. The van der Waals surface area contributed by atoms with Crippen LogP contribution < -0.4 is 15.4 Å². The summed E-state index contributed by atoms with van der Waals surface area (Å²) in [6.07, 6.45) is 3.67. The molecule has 0 radical (unpaired) electrons. The Morgan fingerprint density at radius 2 is 1.86 bits per heavy atom. The number of carbonyl (C=O) groups is 1. The van der Waals surface area contributed by atoms with Gasteiger partial charge < -0.3 is 10.6 Å². The number of nitrogens with zero attached hydrogens (tertiary/aromatic N) is 3. The van der Waals surface area contributed by atoms with Crippen molar-refractivity contribution in [2.75, 3.05) is 17.2 Å². The molecule has 3 N–H and O–H groups in total. The number of rotatable bonds is 7. The second-order valence-electron chi connectivity index (χ2n) is 10.7. The molecule has 1 saturated heterocycles. The van der Waals surface area contributed by atoms with Crippen molar-refractivity contribution in [3.8, 4) is 11.1 Å². The summed E-state index contributed by atoms with van der Waals surface area (Å²) >= 11 is 0. The molecule has 1 aliphatic heterocycles. The lowest BCUT2D eigenvalue weighted by molar-refractivity contribution is 0.0981. The summed E-state index contributed by atoms with van der Waals surface area (Å²) in [5.74, 6) is 0.667. The first-order chi connectivity index (χ1) is 17.4. The molecule has 1 aliphatic rings. The van der Waals surface area contributed by atoms with Crippen molar-refractivity contribution in [3.05, 3.63) is 65.9 Å². The number of hydrogen-bond donors (Lipinski definition) is 2. The van der Waals surface area contributed by atoms with E-state index in [1.54, 1.807) is 12.3 Å². The Bertz CT molecular complexity index is 1400. The van der Waals surface area contributed by atoms with Crippen LogP contribution in [0.3, 0.4) is 0 Å². The minimum atomic E-state index is -4.24. The number of carbonyl (C=O) groups excluding carboxylic acids is 1. The highest BCUT2D eigenvalue weighted by Crippen LogP contribution is 2.39. The quantitative estimate of drug-likeness (QED) is 0.464. The van der Waals surface area contributed by atoms with Crippen LogP contribution in [0.5, 0.6) is 0 Å². The molecule has 1 amide bonds. The van der Waals surface area contributed by atoms with Gasteiger partial charge in [-0.1, -0.05) is 51.1 Å². The number of nitrogen functional groups attached to an aromatic ring is 1. The van der Waals surface area contributed by atoms with Gasteiger partial charge in [-0.05, 0) is 67.9 Å². The average molecular weight is 522 g/mol. The standard InChI is InChI=1S/C28H35N5O3S/c1-18(2)15-20-9-11-21(12-10-20)22-16-23(26(30-17-22)33-14-13-19(3)28(33,4)5)27(34)32-37(35,36)25-8-6-7-24(29)31-25/h6-12,16-19H,13-15H2,1-5H3,(H2,29,31)(H,32,34). The number of amides is 1. The van der Waals surface area contributed by atoms with E-state index in [1.165, 1.54) is 23.8 Å². The largest absolute Gasteiger partial charge is 0.384 e. The predicted molar refractivity (Wildman–Crippen MR) is 147 cm³/mol. The normalized spacial score (nSPS) is 17.2. The van der Waals surface area contributed by atoms with Crippen LogP contribution in [0, 0.1) is 11.8 Å². The highest BCUT2D eigenvalue weighted by Gasteiger charge is 2.41. The Labute approximate surface area is 219 Å². The van der Waals surface area contributed by atoms with Crippen molar-refractivity contribution in [3.63, 3.8) is 0 Å². The zero-order valence-corrected chi connectivity index (χ0v) is 22.8. The molecule has 1 fully saturated rings. The molecule has 1 unspecified atom stereocenters. The molecule has 9 heteroatoms. The molecule has 1 aromatic carbocycles. The fraction of sp³-hybridized carbons (Fsp3) is 0.393. The van der Waals surface area contributed by atoms with Gasteiger partial charge >= 0.3 is 0 Å². The van der Waals surface area contributed by atoms with Crippen molar-refractivity contribution in [1.82, 2.24) is 14.7 Å². The van der Waals surface area contributed by atoms with E-state index in [0.29, 0.717) is 24.2 Å². The maximum atomic E-state index is 13.5. The Kier molecular flexibility index (Phi) is 7.28. The van der Waals surface area contributed by atoms with Gasteiger partial charge in [0, 0.05) is 23.8 Å². The van der Waals surface area contributed by atoms with E-state index in [1.807, 2.05) is 12.1 Å². The smallest absolute Gasteiger partial charge is 0.281 e. The maximum absolute atomic E-state index is 13.5. The SMILES string of the molecule is CC(C)Cc1ccc(-c2cnc(N3CCC(C)C3(C)C)c(C(=O)NS(=O)(=O)c3cccc(N)n3)c2)cc1. The van der Waals surface area contributed by atoms with Gasteiger partial charge in [0.25, 0.3) is 15.9 Å². The highest BCUT2D eigenvalue weighted by atomic mass is 32.2. The van der Waals surface area contributed by atoms with Gasteiger partial charge in [-0.2, -0.15) is 8.42 Å². The van der Waals surface area contributed by atoms with Crippen LogP contribution >= 0.6 is 0 Å². The molecule has 0 spiro atoms. The molecule has 1 atom stereocenters. The Hall–Kier alpha value is -3.46. The summed E-state index contributed by atoms with van der Waals surface area (Å²) in [7, 11) is -4.24. The summed E-state index contributed by atoms with van der Waals surface area (Å²) in [5, 5.41) is -0.317. The van der Waals surface area contributed by atoms with Gasteiger partial charge in [-0.3, -0.25) is 4.79 Å². The first-order valence-electron chi connectivity index (χ1n) is 12.5. The maximum Gasteiger partial charge on any atom is 0.281 e. The fourth-order valence-corrected chi connectivity index (χ4v) is 5.66. The molecule has 3 aromatic rings. The van der Waals surface area contributed by atoms with Crippen molar-refractivity contribution < 1.29 is 13.2 Å². The molecule has 0 bridgehead atoms. The summed E-state index contributed by atoms with van der Waals surface area (Å²) in [4.78, 5) is 24.2. The summed E-state index contributed by atoms with van der Waals surface area (Å²) in [6.45, 7) is 11.5. The molecule has 0 aliphatic carbocycles. The van der Waals surface area contributed by atoms with Crippen molar-refractivity contribution in [2.45, 2.75) is 58.0 Å². The Morgan fingerprint density at radius 3 is 2.46 bits per heavy atom. The van der Waals surface area contributed by atoms with E-state index in [9.17, 15) is 13.2 Å². The molecule has 2 aromatic heterocycles. The number of benzene rings is 1.